The van der Waals surface area contributed by atoms with Crippen LogP contribution in [0.4, 0.5) is 0 Å². The molecule has 472 valence electrons. The molecule has 1 fully saturated rings. The van der Waals surface area contributed by atoms with Crippen LogP contribution < -0.4 is 42.5 Å². The Hall–Kier alpha value is -5.22. The molecule has 0 aliphatic carbocycles. The standard InChI is InChI=1S/C60H110N10O12/c1-19-22-23-24-25-26-28-40(8)52(78)70-30-27-29-45(70)49(75)62-44(34-38(6)33-43(73)35-42(72)21-3)48(74)65-59(14,15)55(81)68-58(12,13)54(80)64-47(39(7)20-2)50(76)63-46(37(4)5)51(77)66-60(16,17)56(82)67-57(10,11)53(79)61-41(9)36-69(18)31-32-71/h37-41,43-47,71,73H,19-36H2,1-18H3,(H,61,79)(H,62,75)(H,63,76)(H,64,80)(H,65,74)(H,66,77)(H,67,82)(H,68,81)/t38-,39-,40+,41+,43-,44-,45-,46-,47-/m0/s1. The highest BCUT2D eigenvalue weighted by Crippen LogP contribution is 2.25. The number of hydrogen-bond acceptors (Lipinski definition) is 13. The minimum atomic E-state index is -1.70. The Morgan fingerprint density at radius 2 is 1.15 bits per heavy atom. The quantitative estimate of drug-likeness (QED) is 0.0395. The summed E-state index contributed by atoms with van der Waals surface area (Å²) in [5.74, 6) is -7.26. The van der Waals surface area contributed by atoms with Crippen LogP contribution >= 0.6 is 0 Å². The maximum absolute atomic E-state index is 14.4. The molecule has 82 heavy (non-hydrogen) atoms. The van der Waals surface area contributed by atoms with Gasteiger partial charge in [-0.3, -0.25) is 47.9 Å². The van der Waals surface area contributed by atoms with Gasteiger partial charge in [-0.15, -0.1) is 0 Å². The average Bonchev–Trinajstić information content (AvgIpc) is 3.87. The Morgan fingerprint density at radius 3 is 1.67 bits per heavy atom. The first-order valence-electron chi connectivity index (χ1n) is 30.2. The fourth-order valence-electron chi connectivity index (χ4n) is 9.76. The molecule has 1 aliphatic rings. The SMILES string of the molecule is CCCCCCCC[C@@H](C)C(=O)N1CCC[C@H]1C(=O)N[C@@H](C[C@@H](C)C[C@H](O)CC(=O)CC)C(=O)NC(C)(C)C(=O)NC(C)(C)C(=O)N[C@H](C(=O)N[C@H](C(=O)NC(C)(C)C(=O)NC(C)(C)C(=O)N[C@H](C)CN(C)CCO)C(C)C)[C@@H](C)CC. The number of amides is 9. The smallest absolute Gasteiger partial charge is 0.246 e. The highest BCUT2D eigenvalue weighted by molar-refractivity contribution is 6.01. The number of aliphatic hydroxyl groups excluding tert-OH is 2. The predicted octanol–water partition coefficient (Wildman–Crippen LogP) is 3.68. The van der Waals surface area contributed by atoms with Gasteiger partial charge in [-0.25, -0.2) is 0 Å². The number of likely N-dealkylation sites (N-methyl/N-ethyl adjacent to an activating group) is 1. The summed E-state index contributed by atoms with van der Waals surface area (Å²) in [6.07, 6.45) is 8.00. The van der Waals surface area contributed by atoms with E-state index in [9.17, 15) is 58.2 Å². The molecule has 0 aromatic rings. The van der Waals surface area contributed by atoms with Crippen LogP contribution in [0.5, 0.6) is 0 Å². The summed E-state index contributed by atoms with van der Waals surface area (Å²) in [5.41, 5.74) is -6.37. The molecule has 0 unspecified atom stereocenters. The van der Waals surface area contributed by atoms with E-state index in [0.29, 0.717) is 45.3 Å². The summed E-state index contributed by atoms with van der Waals surface area (Å²) >= 11 is 0. The van der Waals surface area contributed by atoms with E-state index in [1.807, 2.05) is 18.7 Å². The number of rotatable bonds is 38. The van der Waals surface area contributed by atoms with Gasteiger partial charge in [-0.1, -0.05) is 100 Å². The van der Waals surface area contributed by atoms with Crippen LogP contribution in [0.1, 0.15) is 208 Å². The lowest BCUT2D eigenvalue weighted by Crippen LogP contribution is -2.67. The van der Waals surface area contributed by atoms with E-state index in [4.69, 9.17) is 0 Å². The van der Waals surface area contributed by atoms with E-state index in [0.717, 1.165) is 32.1 Å². The number of carbonyl (C=O) groups excluding carboxylic acids is 10. The first-order chi connectivity index (χ1) is 37.9. The number of aliphatic hydroxyl groups is 2. The van der Waals surface area contributed by atoms with E-state index in [2.05, 4.69) is 49.5 Å². The maximum atomic E-state index is 14.4. The van der Waals surface area contributed by atoms with Crippen molar-refractivity contribution in [2.24, 2.45) is 23.7 Å². The largest absolute Gasteiger partial charge is 0.395 e. The normalized spacial score (nSPS) is 17.0. The second-order valence-corrected chi connectivity index (χ2v) is 25.8. The Kier molecular flexibility index (Phi) is 31.5. The number of hydrogen-bond donors (Lipinski definition) is 10. The van der Waals surface area contributed by atoms with Crippen LogP contribution in [0.15, 0.2) is 0 Å². The predicted molar refractivity (Wildman–Crippen MR) is 317 cm³/mol. The van der Waals surface area contributed by atoms with Gasteiger partial charge < -0.3 is 62.5 Å². The number of likely N-dealkylation sites (tertiary alicyclic amines) is 1. The number of nitrogens with one attached hydrogen (secondary N) is 8. The van der Waals surface area contributed by atoms with Gasteiger partial charge in [0.05, 0.1) is 12.7 Å². The van der Waals surface area contributed by atoms with Gasteiger partial charge in [0.2, 0.25) is 53.2 Å². The zero-order valence-corrected chi connectivity index (χ0v) is 53.4. The number of Topliss-reactive ketones (excluding diaryl/α,β-unsaturated/α-hetero) is 1. The monoisotopic (exact) mass is 1160 g/mol. The van der Waals surface area contributed by atoms with Crippen molar-refractivity contribution in [3.05, 3.63) is 0 Å². The van der Waals surface area contributed by atoms with Crippen molar-refractivity contribution in [2.45, 2.75) is 266 Å². The molecule has 1 rings (SSSR count). The van der Waals surface area contributed by atoms with Crippen molar-refractivity contribution in [3.8, 4) is 0 Å². The molecule has 0 aromatic carbocycles. The van der Waals surface area contributed by atoms with Crippen LogP contribution in [0.25, 0.3) is 0 Å². The van der Waals surface area contributed by atoms with Gasteiger partial charge in [0.25, 0.3) is 0 Å². The van der Waals surface area contributed by atoms with Gasteiger partial charge in [-0.2, -0.15) is 0 Å². The second-order valence-electron chi connectivity index (χ2n) is 25.8. The second kappa shape index (κ2) is 34.5. The van der Waals surface area contributed by atoms with Crippen molar-refractivity contribution < 1.29 is 58.2 Å². The summed E-state index contributed by atoms with van der Waals surface area (Å²) < 4.78 is 0. The zero-order chi connectivity index (χ0) is 63.1. The third-order valence-electron chi connectivity index (χ3n) is 15.5. The zero-order valence-electron chi connectivity index (χ0n) is 53.4. The molecule has 0 saturated carbocycles. The molecule has 10 N–H and O–H groups in total. The van der Waals surface area contributed by atoms with Gasteiger partial charge in [0, 0.05) is 44.4 Å². The molecule has 0 aromatic heterocycles. The third-order valence-corrected chi connectivity index (χ3v) is 15.5. The number of nitrogens with zero attached hydrogens (tertiary/aromatic N) is 2. The Morgan fingerprint density at radius 1 is 0.622 bits per heavy atom. The molecule has 1 saturated heterocycles. The molecule has 1 aliphatic heterocycles. The Bertz CT molecular complexity index is 2130. The molecule has 22 heteroatoms. The lowest BCUT2D eigenvalue weighted by atomic mass is 9.92. The lowest BCUT2D eigenvalue weighted by Gasteiger charge is -2.35. The van der Waals surface area contributed by atoms with Crippen molar-refractivity contribution in [2.75, 3.05) is 33.3 Å². The fourth-order valence-corrected chi connectivity index (χ4v) is 9.76. The minimum Gasteiger partial charge on any atom is -0.395 e. The third kappa shape index (κ3) is 24.9. The molecule has 9 amide bonds. The summed E-state index contributed by atoms with van der Waals surface area (Å²) in [4.78, 5) is 141. The summed E-state index contributed by atoms with van der Waals surface area (Å²) in [5, 5.41) is 42.1. The van der Waals surface area contributed by atoms with E-state index < -0.39 is 117 Å². The van der Waals surface area contributed by atoms with Gasteiger partial charge >= 0.3 is 0 Å². The van der Waals surface area contributed by atoms with Gasteiger partial charge in [0.15, 0.2) is 0 Å². The average molecular weight is 1160 g/mol. The maximum Gasteiger partial charge on any atom is 0.246 e. The van der Waals surface area contributed by atoms with Crippen LogP contribution in [0.2, 0.25) is 0 Å². The van der Waals surface area contributed by atoms with Crippen molar-refractivity contribution >= 4 is 58.9 Å². The molecule has 0 bridgehead atoms. The van der Waals surface area contributed by atoms with Crippen molar-refractivity contribution in [3.63, 3.8) is 0 Å². The first-order valence-corrected chi connectivity index (χ1v) is 30.2. The van der Waals surface area contributed by atoms with Crippen LogP contribution in [0.3, 0.4) is 0 Å². The van der Waals surface area contributed by atoms with E-state index >= 15 is 0 Å². The molecule has 0 spiro atoms. The Balaban J connectivity index is 3.29. The van der Waals surface area contributed by atoms with Gasteiger partial charge in [0.1, 0.15) is 52.1 Å². The number of unbranched alkanes of at least 4 members (excludes halogenated alkanes) is 5. The van der Waals surface area contributed by atoms with E-state index in [1.165, 1.54) is 61.8 Å². The summed E-state index contributed by atoms with van der Waals surface area (Å²) in [7, 11) is 1.80. The lowest BCUT2D eigenvalue weighted by molar-refractivity contribution is -0.142. The van der Waals surface area contributed by atoms with Crippen LogP contribution in [-0.4, -0.2) is 171 Å². The molecule has 9 atom stereocenters. The Labute approximate surface area is 490 Å². The number of ketones is 1. The summed E-state index contributed by atoms with van der Waals surface area (Å²) in [6, 6.07) is -4.77. The van der Waals surface area contributed by atoms with Crippen molar-refractivity contribution in [1.82, 2.24) is 52.3 Å². The first kappa shape index (κ1) is 74.8. The topological polar surface area (TPSA) is 314 Å². The van der Waals surface area contributed by atoms with Gasteiger partial charge in [-0.05, 0) is 119 Å². The molecular formula is C60H110N10O12. The molecule has 1 heterocycles. The summed E-state index contributed by atoms with van der Waals surface area (Å²) in [6.45, 7) is 29.2. The minimum absolute atomic E-state index is 0.0195. The molecule has 0 radical (unpaired) electrons. The highest BCUT2D eigenvalue weighted by Gasteiger charge is 2.44. The van der Waals surface area contributed by atoms with E-state index in [1.54, 1.807) is 53.5 Å². The van der Waals surface area contributed by atoms with Crippen LogP contribution in [0, 0.1) is 23.7 Å². The fraction of sp³-hybridized carbons (Fsp3) is 0.833. The number of carbonyl (C=O) groups is 10. The molecular weight excluding hydrogens is 1050 g/mol. The molecule has 22 nitrogen and oxygen atoms in total. The highest BCUT2D eigenvalue weighted by atomic mass is 16.3. The van der Waals surface area contributed by atoms with E-state index in [-0.39, 0.29) is 55.9 Å². The van der Waals surface area contributed by atoms with Crippen molar-refractivity contribution in [1.29, 1.82) is 0 Å². The van der Waals surface area contributed by atoms with Crippen LogP contribution in [-0.2, 0) is 47.9 Å².